The third-order valence-corrected chi connectivity index (χ3v) is 3.52. The molecule has 0 saturated carbocycles. The second-order valence-corrected chi connectivity index (χ2v) is 5.29. The number of nitrogens with one attached hydrogen (secondary N) is 1. The Morgan fingerprint density at radius 3 is 2.38 bits per heavy atom. The van der Waals surface area contributed by atoms with Crippen molar-refractivity contribution in [2.75, 3.05) is 13.2 Å². The van der Waals surface area contributed by atoms with Crippen LogP contribution < -0.4 is 0 Å². The molecule has 1 aromatic carbocycles. The Labute approximate surface area is 130 Å². The van der Waals surface area contributed by atoms with Crippen molar-refractivity contribution in [3.05, 3.63) is 34.4 Å². The Morgan fingerprint density at radius 2 is 1.81 bits per heavy atom. The van der Waals surface area contributed by atoms with Gasteiger partial charge in [0.25, 0.3) is 0 Å². The third kappa shape index (κ3) is 3.26. The smallest absolute Gasteiger partial charge is 0.324 e. The molecule has 0 amide bonds. The average Bonchev–Trinajstić information content (AvgIpc) is 2.83. The molecule has 1 heterocycles. The minimum absolute atomic E-state index is 0.209. The van der Waals surface area contributed by atoms with E-state index in [-0.39, 0.29) is 13.2 Å². The van der Waals surface area contributed by atoms with Gasteiger partial charge in [-0.2, -0.15) is 0 Å². The van der Waals surface area contributed by atoms with Crippen LogP contribution in [0.2, 0.25) is 0 Å². The summed E-state index contributed by atoms with van der Waals surface area (Å²) in [6, 6.07) is 5.61. The molecular formula is C15H16BrNO4. The van der Waals surface area contributed by atoms with Gasteiger partial charge in [0.2, 0.25) is 0 Å². The summed E-state index contributed by atoms with van der Waals surface area (Å²) in [5.41, 5.74) is 1.40. The zero-order valence-corrected chi connectivity index (χ0v) is 13.4. The fourth-order valence-electron chi connectivity index (χ4n) is 2.15. The topological polar surface area (TPSA) is 68.4 Å². The predicted molar refractivity (Wildman–Crippen MR) is 82.0 cm³/mol. The summed E-state index contributed by atoms with van der Waals surface area (Å²) in [5, 5.41) is 0.787. The van der Waals surface area contributed by atoms with Gasteiger partial charge >= 0.3 is 11.9 Å². The van der Waals surface area contributed by atoms with Gasteiger partial charge in [0.05, 0.1) is 13.2 Å². The summed E-state index contributed by atoms with van der Waals surface area (Å²) in [6.45, 7) is 3.82. The molecule has 1 aromatic heterocycles. The lowest BCUT2D eigenvalue weighted by molar-refractivity contribution is -0.156. The highest BCUT2D eigenvalue weighted by molar-refractivity contribution is 9.10. The van der Waals surface area contributed by atoms with Crippen LogP contribution >= 0.6 is 15.9 Å². The van der Waals surface area contributed by atoms with Crippen molar-refractivity contribution in [2.24, 2.45) is 0 Å². The third-order valence-electron chi connectivity index (χ3n) is 3.03. The van der Waals surface area contributed by atoms with E-state index in [2.05, 4.69) is 20.9 Å². The van der Waals surface area contributed by atoms with Gasteiger partial charge in [0, 0.05) is 27.1 Å². The number of hydrogen-bond donors (Lipinski definition) is 1. The second kappa shape index (κ2) is 6.76. The van der Waals surface area contributed by atoms with Crippen LogP contribution in [0.4, 0.5) is 0 Å². The fourth-order valence-corrected chi connectivity index (χ4v) is 2.52. The van der Waals surface area contributed by atoms with Crippen LogP contribution in [0.5, 0.6) is 0 Å². The zero-order valence-electron chi connectivity index (χ0n) is 11.8. The summed E-state index contributed by atoms with van der Waals surface area (Å²) in [5.74, 6) is -2.28. The number of carbonyl (C=O) groups is 2. The van der Waals surface area contributed by atoms with Gasteiger partial charge in [-0.25, -0.2) is 0 Å². The highest BCUT2D eigenvalue weighted by Gasteiger charge is 2.33. The maximum atomic E-state index is 12.1. The van der Waals surface area contributed by atoms with Gasteiger partial charge in [-0.05, 0) is 32.0 Å². The molecule has 112 valence electrons. The predicted octanol–water partition coefficient (Wildman–Crippen LogP) is 3.14. The van der Waals surface area contributed by atoms with E-state index < -0.39 is 17.9 Å². The normalized spacial score (nSPS) is 10.9. The van der Waals surface area contributed by atoms with Crippen molar-refractivity contribution >= 4 is 38.8 Å². The standard InChI is InChI=1S/C15H16BrNO4/c1-3-20-14(18)13(15(19)21-4-2)11-8-17-12-6-5-9(16)7-10(11)12/h5-8,13,17H,3-4H2,1-2H3. The summed E-state index contributed by atoms with van der Waals surface area (Å²) in [6.07, 6.45) is 1.65. The number of rotatable bonds is 5. The maximum absolute atomic E-state index is 12.1. The molecule has 0 saturated heterocycles. The van der Waals surface area contributed by atoms with E-state index in [9.17, 15) is 9.59 Å². The maximum Gasteiger partial charge on any atom is 0.324 e. The SMILES string of the molecule is CCOC(=O)C(C(=O)OCC)c1c[nH]c2ccc(Br)cc12. The summed E-state index contributed by atoms with van der Waals surface area (Å²) in [7, 11) is 0. The van der Waals surface area contributed by atoms with Crippen LogP contribution in [0.15, 0.2) is 28.9 Å². The molecule has 2 aromatic rings. The Balaban J connectivity index is 2.49. The number of halogens is 1. The van der Waals surface area contributed by atoms with E-state index in [1.165, 1.54) is 0 Å². The van der Waals surface area contributed by atoms with Crippen LogP contribution in [0.1, 0.15) is 25.3 Å². The van der Waals surface area contributed by atoms with E-state index in [0.29, 0.717) is 5.56 Å². The van der Waals surface area contributed by atoms with Gasteiger partial charge in [-0.3, -0.25) is 9.59 Å². The number of ether oxygens (including phenoxy) is 2. The van der Waals surface area contributed by atoms with Crippen molar-refractivity contribution in [3.63, 3.8) is 0 Å². The molecule has 6 heteroatoms. The van der Waals surface area contributed by atoms with E-state index in [4.69, 9.17) is 9.47 Å². The lowest BCUT2D eigenvalue weighted by Gasteiger charge is -2.13. The number of aromatic nitrogens is 1. The quantitative estimate of drug-likeness (QED) is 0.662. The lowest BCUT2D eigenvalue weighted by atomic mass is 9.98. The van der Waals surface area contributed by atoms with Crippen molar-refractivity contribution in [3.8, 4) is 0 Å². The number of aromatic amines is 1. The van der Waals surface area contributed by atoms with Crippen molar-refractivity contribution < 1.29 is 19.1 Å². The molecule has 0 aliphatic rings. The lowest BCUT2D eigenvalue weighted by Crippen LogP contribution is -2.26. The number of esters is 2. The summed E-state index contributed by atoms with van der Waals surface area (Å²) in [4.78, 5) is 27.3. The van der Waals surface area contributed by atoms with E-state index in [1.54, 1.807) is 20.0 Å². The van der Waals surface area contributed by atoms with Gasteiger partial charge < -0.3 is 14.5 Å². The molecule has 0 spiro atoms. The molecule has 0 bridgehead atoms. The minimum Gasteiger partial charge on any atom is -0.465 e. The second-order valence-electron chi connectivity index (χ2n) is 4.37. The molecule has 0 aliphatic heterocycles. The molecule has 5 nitrogen and oxygen atoms in total. The summed E-state index contributed by atoms with van der Waals surface area (Å²) < 4.78 is 10.9. The van der Waals surface area contributed by atoms with Crippen LogP contribution in [-0.4, -0.2) is 30.1 Å². The Morgan fingerprint density at radius 1 is 1.19 bits per heavy atom. The first-order valence-corrected chi connectivity index (χ1v) is 7.47. The Bertz CT molecular complexity index is 647. The van der Waals surface area contributed by atoms with E-state index in [0.717, 1.165) is 15.4 Å². The minimum atomic E-state index is -1.08. The van der Waals surface area contributed by atoms with Crippen LogP contribution in [0.3, 0.4) is 0 Å². The zero-order chi connectivity index (χ0) is 15.4. The highest BCUT2D eigenvalue weighted by Crippen LogP contribution is 2.30. The van der Waals surface area contributed by atoms with E-state index >= 15 is 0 Å². The van der Waals surface area contributed by atoms with Crippen molar-refractivity contribution in [1.82, 2.24) is 4.98 Å². The van der Waals surface area contributed by atoms with Crippen molar-refractivity contribution in [1.29, 1.82) is 0 Å². The molecule has 2 rings (SSSR count). The molecule has 0 unspecified atom stereocenters. The Hall–Kier alpha value is -1.82. The highest BCUT2D eigenvalue weighted by atomic mass is 79.9. The first kappa shape index (κ1) is 15.6. The summed E-state index contributed by atoms with van der Waals surface area (Å²) >= 11 is 3.39. The average molecular weight is 354 g/mol. The molecule has 21 heavy (non-hydrogen) atoms. The number of H-pyrrole nitrogens is 1. The van der Waals surface area contributed by atoms with Gasteiger partial charge in [-0.15, -0.1) is 0 Å². The van der Waals surface area contributed by atoms with Crippen LogP contribution in [0.25, 0.3) is 10.9 Å². The number of carbonyl (C=O) groups excluding carboxylic acids is 2. The number of fused-ring (bicyclic) bond motifs is 1. The van der Waals surface area contributed by atoms with Gasteiger partial charge in [0.15, 0.2) is 5.92 Å². The molecule has 0 atom stereocenters. The molecule has 0 fully saturated rings. The monoisotopic (exact) mass is 353 g/mol. The van der Waals surface area contributed by atoms with Crippen LogP contribution in [0, 0.1) is 0 Å². The van der Waals surface area contributed by atoms with Crippen molar-refractivity contribution in [2.45, 2.75) is 19.8 Å². The number of hydrogen-bond acceptors (Lipinski definition) is 4. The van der Waals surface area contributed by atoms with E-state index in [1.807, 2.05) is 18.2 Å². The molecule has 0 aliphatic carbocycles. The molecule has 1 N–H and O–H groups in total. The first-order valence-electron chi connectivity index (χ1n) is 6.68. The Kier molecular flexibility index (Phi) is 5.01. The molecule has 0 radical (unpaired) electrons. The van der Waals surface area contributed by atoms with Gasteiger partial charge in [0.1, 0.15) is 0 Å². The largest absolute Gasteiger partial charge is 0.465 e. The fraction of sp³-hybridized carbons (Fsp3) is 0.333. The number of benzene rings is 1. The van der Waals surface area contributed by atoms with Crippen LogP contribution in [-0.2, 0) is 19.1 Å². The molecular weight excluding hydrogens is 338 g/mol. The first-order chi connectivity index (χ1) is 10.1. The van der Waals surface area contributed by atoms with Gasteiger partial charge in [-0.1, -0.05) is 15.9 Å².